The van der Waals surface area contributed by atoms with Crippen LogP contribution in [0.25, 0.3) is 0 Å². The summed E-state index contributed by atoms with van der Waals surface area (Å²) >= 11 is 0. The average Bonchev–Trinajstić information content (AvgIpc) is 3.11. The van der Waals surface area contributed by atoms with Gasteiger partial charge >= 0.3 is 5.97 Å². The number of hydrogen-bond donors (Lipinski definition) is 0. The van der Waals surface area contributed by atoms with Crippen LogP contribution in [0.15, 0.2) is 41.0 Å². The molecule has 0 N–H and O–H groups in total. The van der Waals surface area contributed by atoms with E-state index in [0.29, 0.717) is 42.5 Å². The van der Waals surface area contributed by atoms with E-state index < -0.39 is 5.97 Å². The topological polar surface area (TPSA) is 75.0 Å². The maximum atomic E-state index is 12.1. The summed E-state index contributed by atoms with van der Waals surface area (Å²) in [5.41, 5.74) is 0.424. The van der Waals surface area contributed by atoms with Gasteiger partial charge in [0.15, 0.2) is 23.9 Å². The third-order valence-electron chi connectivity index (χ3n) is 3.38. The Morgan fingerprint density at radius 3 is 2.70 bits per heavy atom. The highest BCUT2D eigenvalue weighted by Gasteiger charge is 2.16. The molecule has 23 heavy (non-hydrogen) atoms. The molecule has 0 unspecified atom stereocenters. The number of carbonyl (C=O) groups is 2. The third kappa shape index (κ3) is 3.91. The molecule has 2 heterocycles. The Morgan fingerprint density at radius 1 is 1.09 bits per heavy atom. The van der Waals surface area contributed by atoms with Crippen LogP contribution in [0.3, 0.4) is 0 Å². The first-order valence-corrected chi connectivity index (χ1v) is 7.33. The van der Waals surface area contributed by atoms with E-state index in [4.69, 9.17) is 18.6 Å². The summed E-state index contributed by atoms with van der Waals surface area (Å²) in [6.45, 7) is 0.649. The van der Waals surface area contributed by atoms with Gasteiger partial charge in [0.1, 0.15) is 19.0 Å². The predicted octanol–water partition coefficient (Wildman–Crippen LogP) is 2.41. The molecule has 1 aromatic carbocycles. The molecule has 0 saturated carbocycles. The molecule has 6 nitrogen and oxygen atoms in total. The maximum Gasteiger partial charge on any atom is 0.306 e. The molecular weight excluding hydrogens is 300 g/mol. The zero-order valence-electron chi connectivity index (χ0n) is 12.4. The number of rotatable bonds is 6. The molecule has 1 aromatic heterocycles. The molecule has 1 aliphatic heterocycles. The second-order valence-electron chi connectivity index (χ2n) is 5.02. The van der Waals surface area contributed by atoms with Gasteiger partial charge in [-0.2, -0.15) is 0 Å². The number of carbonyl (C=O) groups excluding carboxylic acids is 2. The summed E-state index contributed by atoms with van der Waals surface area (Å²) in [4.78, 5) is 23.7. The summed E-state index contributed by atoms with van der Waals surface area (Å²) < 4.78 is 20.9. The first-order chi connectivity index (χ1) is 11.2. The van der Waals surface area contributed by atoms with Crippen molar-refractivity contribution in [3.05, 3.63) is 47.9 Å². The molecule has 0 spiro atoms. The molecule has 0 bridgehead atoms. The van der Waals surface area contributed by atoms with Crippen LogP contribution in [-0.4, -0.2) is 31.6 Å². The largest absolute Gasteiger partial charge is 0.486 e. The molecule has 0 amide bonds. The standard InChI is InChI=1S/C17H16O6/c18-14(11-23-17(19)6-4-13-2-1-7-20-13)12-3-5-15-16(10-12)22-9-8-21-15/h1-3,5,7,10H,4,6,8-9,11H2. The van der Waals surface area contributed by atoms with Gasteiger partial charge in [0.2, 0.25) is 0 Å². The lowest BCUT2D eigenvalue weighted by Gasteiger charge is -2.18. The van der Waals surface area contributed by atoms with Crippen molar-refractivity contribution < 1.29 is 28.2 Å². The van der Waals surface area contributed by atoms with Crippen molar-refractivity contribution in [1.29, 1.82) is 0 Å². The molecule has 2 aromatic rings. The zero-order chi connectivity index (χ0) is 16.1. The van der Waals surface area contributed by atoms with E-state index in [9.17, 15) is 9.59 Å². The summed E-state index contributed by atoms with van der Waals surface area (Å²) in [6.07, 6.45) is 2.16. The third-order valence-corrected chi connectivity index (χ3v) is 3.38. The van der Waals surface area contributed by atoms with Crippen molar-refractivity contribution in [2.45, 2.75) is 12.8 Å². The zero-order valence-corrected chi connectivity index (χ0v) is 12.4. The molecule has 0 saturated heterocycles. The van der Waals surface area contributed by atoms with Gasteiger partial charge in [-0.3, -0.25) is 9.59 Å². The SMILES string of the molecule is O=C(CCc1ccco1)OCC(=O)c1ccc2c(c1)OCCO2. The van der Waals surface area contributed by atoms with Gasteiger partial charge in [0.05, 0.1) is 12.7 Å². The van der Waals surface area contributed by atoms with E-state index in [1.807, 2.05) is 0 Å². The second-order valence-corrected chi connectivity index (χ2v) is 5.02. The van der Waals surface area contributed by atoms with Crippen molar-refractivity contribution in [3.8, 4) is 11.5 Å². The Balaban J connectivity index is 1.50. The van der Waals surface area contributed by atoms with Gasteiger partial charge in [0, 0.05) is 12.0 Å². The van der Waals surface area contributed by atoms with E-state index in [2.05, 4.69) is 0 Å². The van der Waals surface area contributed by atoms with E-state index in [0.717, 1.165) is 0 Å². The van der Waals surface area contributed by atoms with Crippen LogP contribution >= 0.6 is 0 Å². The van der Waals surface area contributed by atoms with Crippen LogP contribution in [0.5, 0.6) is 11.5 Å². The highest BCUT2D eigenvalue weighted by atomic mass is 16.6. The molecular formula is C17H16O6. The smallest absolute Gasteiger partial charge is 0.306 e. The van der Waals surface area contributed by atoms with Crippen molar-refractivity contribution >= 4 is 11.8 Å². The number of esters is 1. The minimum Gasteiger partial charge on any atom is -0.486 e. The fourth-order valence-electron chi connectivity index (χ4n) is 2.20. The normalized spacial score (nSPS) is 12.7. The summed E-state index contributed by atoms with van der Waals surface area (Å²) in [6, 6.07) is 8.46. The van der Waals surface area contributed by atoms with Crippen molar-refractivity contribution in [2.24, 2.45) is 0 Å². The lowest BCUT2D eigenvalue weighted by atomic mass is 10.1. The number of ketones is 1. The van der Waals surface area contributed by atoms with Crippen LogP contribution in [0.2, 0.25) is 0 Å². The fraction of sp³-hybridized carbons (Fsp3) is 0.294. The van der Waals surface area contributed by atoms with Crippen molar-refractivity contribution in [2.75, 3.05) is 19.8 Å². The lowest BCUT2D eigenvalue weighted by molar-refractivity contribution is -0.142. The van der Waals surface area contributed by atoms with E-state index >= 15 is 0 Å². The number of hydrogen-bond acceptors (Lipinski definition) is 6. The minimum atomic E-state index is -0.438. The van der Waals surface area contributed by atoms with E-state index in [1.165, 1.54) is 0 Å². The molecule has 6 heteroatoms. The lowest BCUT2D eigenvalue weighted by Crippen LogP contribution is -2.17. The van der Waals surface area contributed by atoms with E-state index in [1.54, 1.807) is 36.6 Å². The first-order valence-electron chi connectivity index (χ1n) is 7.33. The average molecular weight is 316 g/mol. The fourth-order valence-corrected chi connectivity index (χ4v) is 2.20. The van der Waals surface area contributed by atoms with Crippen LogP contribution in [0.1, 0.15) is 22.5 Å². The van der Waals surface area contributed by atoms with Gasteiger partial charge in [-0.15, -0.1) is 0 Å². The molecule has 0 atom stereocenters. The Morgan fingerprint density at radius 2 is 1.91 bits per heavy atom. The van der Waals surface area contributed by atoms with Crippen molar-refractivity contribution in [1.82, 2.24) is 0 Å². The van der Waals surface area contributed by atoms with Gasteiger partial charge in [0.25, 0.3) is 0 Å². The highest BCUT2D eigenvalue weighted by molar-refractivity contribution is 5.98. The predicted molar refractivity (Wildman–Crippen MR) is 79.8 cm³/mol. The number of aryl methyl sites for hydroxylation is 1. The summed E-state index contributed by atoms with van der Waals surface area (Å²) in [5, 5.41) is 0. The number of ether oxygens (including phenoxy) is 3. The Kier molecular flexibility index (Phi) is 4.61. The Bertz CT molecular complexity index is 689. The van der Waals surface area contributed by atoms with Crippen LogP contribution in [0, 0.1) is 0 Å². The van der Waals surface area contributed by atoms with Crippen molar-refractivity contribution in [3.63, 3.8) is 0 Å². The molecule has 0 radical (unpaired) electrons. The molecule has 3 rings (SSSR count). The maximum absolute atomic E-state index is 12.1. The number of benzene rings is 1. The first kappa shape index (κ1) is 15.1. The van der Waals surface area contributed by atoms with Crippen LogP contribution in [0.4, 0.5) is 0 Å². The van der Waals surface area contributed by atoms with Crippen LogP contribution < -0.4 is 9.47 Å². The van der Waals surface area contributed by atoms with Gasteiger partial charge in [-0.25, -0.2) is 0 Å². The number of fused-ring (bicyclic) bond motifs is 1. The molecule has 0 aliphatic carbocycles. The Labute approximate surface area is 132 Å². The van der Waals surface area contributed by atoms with E-state index in [-0.39, 0.29) is 18.8 Å². The number of furan rings is 1. The molecule has 120 valence electrons. The van der Waals surface area contributed by atoms with Gasteiger partial charge < -0.3 is 18.6 Å². The summed E-state index contributed by atoms with van der Waals surface area (Å²) in [5.74, 6) is 1.13. The monoisotopic (exact) mass is 316 g/mol. The van der Waals surface area contributed by atoms with Gasteiger partial charge in [-0.1, -0.05) is 0 Å². The molecule has 1 aliphatic rings. The second kappa shape index (κ2) is 7.00. The highest BCUT2D eigenvalue weighted by Crippen LogP contribution is 2.30. The quantitative estimate of drug-likeness (QED) is 0.602. The minimum absolute atomic E-state index is 0.169. The number of Topliss-reactive ketones (excluding diaryl/α,β-unsaturated/α-hetero) is 1. The Hall–Kier alpha value is -2.76. The van der Waals surface area contributed by atoms with Crippen LogP contribution in [-0.2, 0) is 16.0 Å². The van der Waals surface area contributed by atoms with Gasteiger partial charge in [-0.05, 0) is 30.3 Å². The molecule has 0 fully saturated rings. The summed E-state index contributed by atoms with van der Waals surface area (Å²) in [7, 11) is 0.